The molecule has 0 saturated heterocycles. The van der Waals surface area contributed by atoms with Crippen LogP contribution < -0.4 is 4.59 Å². The van der Waals surface area contributed by atoms with Crippen LogP contribution >= 0.6 is 12.2 Å². The van der Waals surface area contributed by atoms with Crippen LogP contribution in [0.2, 0.25) is 0 Å². The molecule has 0 unspecified atom stereocenters. The van der Waals surface area contributed by atoms with Gasteiger partial charge < -0.3 is 0 Å². The van der Waals surface area contributed by atoms with Crippen molar-refractivity contribution in [3.63, 3.8) is 0 Å². The van der Waals surface area contributed by atoms with Gasteiger partial charge in [-0.1, -0.05) is 36.0 Å². The maximum atomic E-state index is 5.53. The van der Waals surface area contributed by atoms with Crippen LogP contribution in [0.4, 0.5) is 0 Å². The minimum Gasteiger partial charge on any atom is -0.223 e. The standard InChI is InChI=1S/C13H17N2S/c1-10-5-6-12-11(9-10)7-8-14(13(12)16)15(2,3)4/h5-9H,1-4H3/q+1. The zero-order chi connectivity index (χ0) is 11.9. The zero-order valence-corrected chi connectivity index (χ0v) is 11.0. The summed E-state index contributed by atoms with van der Waals surface area (Å²) in [6.07, 6.45) is 2.06. The van der Waals surface area contributed by atoms with E-state index in [1.807, 2.05) is 0 Å². The molecule has 0 bridgehead atoms. The number of nitrogens with zero attached hydrogens (tertiary/aromatic N) is 2. The minimum absolute atomic E-state index is 0.683. The Labute approximate surface area is 101 Å². The van der Waals surface area contributed by atoms with E-state index in [9.17, 15) is 0 Å². The second-order valence-electron chi connectivity index (χ2n) is 5.00. The molecule has 1 heterocycles. The molecular formula is C13H17N2S+. The lowest BCUT2D eigenvalue weighted by molar-refractivity contribution is 0.255. The predicted molar refractivity (Wildman–Crippen MR) is 72.8 cm³/mol. The fraction of sp³-hybridized carbons (Fsp3) is 0.308. The SMILES string of the molecule is Cc1ccc2c(=S)n([N+](C)(C)C)ccc2c1. The van der Waals surface area contributed by atoms with Gasteiger partial charge in [0.1, 0.15) is 0 Å². The molecule has 0 N–H and O–H groups in total. The number of hydrogen-bond acceptors (Lipinski definition) is 1. The number of fused-ring (bicyclic) bond motifs is 1. The summed E-state index contributed by atoms with van der Waals surface area (Å²) in [4.78, 5) is 0. The third-order valence-electron chi connectivity index (χ3n) is 2.69. The quantitative estimate of drug-likeness (QED) is 0.541. The zero-order valence-electron chi connectivity index (χ0n) is 10.2. The summed E-state index contributed by atoms with van der Waals surface area (Å²) < 4.78 is 3.67. The fourth-order valence-corrected chi connectivity index (χ4v) is 2.32. The first-order chi connectivity index (χ1) is 7.39. The number of aryl methyl sites for hydroxylation is 1. The van der Waals surface area contributed by atoms with E-state index in [0.29, 0.717) is 4.59 Å². The number of benzene rings is 1. The average Bonchev–Trinajstić information content (AvgIpc) is 2.15. The van der Waals surface area contributed by atoms with Crippen LogP contribution in [0.25, 0.3) is 10.8 Å². The van der Waals surface area contributed by atoms with Gasteiger partial charge in [0.2, 0.25) is 0 Å². The van der Waals surface area contributed by atoms with Gasteiger partial charge in [-0.25, -0.2) is 4.59 Å². The third-order valence-corrected chi connectivity index (χ3v) is 3.09. The van der Waals surface area contributed by atoms with Crippen molar-refractivity contribution in [3.8, 4) is 0 Å². The molecule has 0 fully saturated rings. The molecule has 2 rings (SSSR count). The Morgan fingerprint density at radius 3 is 2.44 bits per heavy atom. The van der Waals surface area contributed by atoms with Crippen LogP contribution in [0, 0.1) is 11.6 Å². The Balaban J connectivity index is 2.81. The van der Waals surface area contributed by atoms with Gasteiger partial charge in [-0.15, -0.1) is 0 Å². The third kappa shape index (κ3) is 1.88. The first-order valence-corrected chi connectivity index (χ1v) is 5.75. The molecular weight excluding hydrogens is 216 g/mol. The summed E-state index contributed by atoms with van der Waals surface area (Å²) in [5.41, 5.74) is 1.27. The molecule has 0 amide bonds. The van der Waals surface area contributed by atoms with Gasteiger partial charge in [0.05, 0.1) is 27.3 Å². The van der Waals surface area contributed by atoms with Crippen molar-refractivity contribution < 1.29 is 0 Å². The molecule has 0 radical (unpaired) electrons. The van der Waals surface area contributed by atoms with Crippen molar-refractivity contribution in [2.45, 2.75) is 6.92 Å². The molecule has 0 atom stereocenters. The van der Waals surface area contributed by atoms with Crippen molar-refractivity contribution in [1.82, 2.24) is 9.27 Å². The van der Waals surface area contributed by atoms with Crippen molar-refractivity contribution in [2.75, 3.05) is 21.1 Å². The monoisotopic (exact) mass is 233 g/mol. The van der Waals surface area contributed by atoms with Crippen LogP contribution in [0.3, 0.4) is 0 Å². The molecule has 3 heteroatoms. The Bertz CT molecular complexity index is 591. The molecule has 2 aromatic rings. The second kappa shape index (κ2) is 3.68. The van der Waals surface area contributed by atoms with Crippen LogP contribution in [0.15, 0.2) is 30.5 Å². The minimum atomic E-state index is 0.683. The van der Waals surface area contributed by atoms with Crippen LogP contribution in [-0.4, -0.2) is 25.8 Å². The van der Waals surface area contributed by atoms with Gasteiger partial charge >= 0.3 is 0 Å². The largest absolute Gasteiger partial charge is 0.223 e. The summed E-state index contributed by atoms with van der Waals surface area (Å²) >= 11 is 5.53. The van der Waals surface area contributed by atoms with Crippen molar-refractivity contribution in [3.05, 3.63) is 40.7 Å². The Morgan fingerprint density at radius 1 is 1.12 bits per heavy atom. The highest BCUT2D eigenvalue weighted by atomic mass is 32.1. The van der Waals surface area contributed by atoms with Crippen LogP contribution in [0.5, 0.6) is 0 Å². The number of quaternary nitrogens is 1. The number of hydrogen-bond donors (Lipinski definition) is 0. The first kappa shape index (κ1) is 11.3. The van der Waals surface area contributed by atoms with E-state index >= 15 is 0 Å². The van der Waals surface area contributed by atoms with Gasteiger partial charge in [0.25, 0.3) is 0 Å². The lowest BCUT2D eigenvalue weighted by Gasteiger charge is -2.26. The molecule has 0 aliphatic carbocycles. The Morgan fingerprint density at radius 2 is 1.81 bits per heavy atom. The van der Waals surface area contributed by atoms with E-state index in [0.717, 1.165) is 10.0 Å². The van der Waals surface area contributed by atoms with Gasteiger partial charge in [0.15, 0.2) is 4.64 Å². The van der Waals surface area contributed by atoms with E-state index in [-0.39, 0.29) is 0 Å². The molecule has 0 aliphatic rings. The van der Waals surface area contributed by atoms with E-state index in [2.05, 4.69) is 63.2 Å². The maximum absolute atomic E-state index is 5.53. The van der Waals surface area contributed by atoms with E-state index in [4.69, 9.17) is 12.2 Å². The van der Waals surface area contributed by atoms with E-state index in [1.54, 1.807) is 0 Å². The Kier molecular flexibility index (Phi) is 2.60. The molecule has 0 spiro atoms. The first-order valence-electron chi connectivity index (χ1n) is 5.34. The molecule has 84 valence electrons. The van der Waals surface area contributed by atoms with Crippen molar-refractivity contribution in [2.24, 2.45) is 0 Å². The van der Waals surface area contributed by atoms with Crippen molar-refractivity contribution >= 4 is 23.0 Å². The second-order valence-corrected chi connectivity index (χ2v) is 5.38. The summed E-state index contributed by atoms with van der Waals surface area (Å²) in [5.74, 6) is 0. The molecule has 1 aromatic heterocycles. The van der Waals surface area contributed by atoms with Gasteiger partial charge in [0, 0.05) is 5.39 Å². The lowest BCUT2D eigenvalue weighted by atomic mass is 10.1. The molecule has 16 heavy (non-hydrogen) atoms. The number of pyridine rings is 1. The predicted octanol–water partition coefficient (Wildman–Crippen LogP) is 3.01. The highest BCUT2D eigenvalue weighted by Crippen LogP contribution is 2.17. The van der Waals surface area contributed by atoms with Crippen LogP contribution in [0.1, 0.15) is 5.56 Å². The van der Waals surface area contributed by atoms with Gasteiger partial charge in [-0.05, 0) is 18.4 Å². The average molecular weight is 233 g/mol. The van der Waals surface area contributed by atoms with E-state index < -0.39 is 0 Å². The molecule has 2 nitrogen and oxygen atoms in total. The molecule has 0 saturated carbocycles. The number of rotatable bonds is 1. The summed E-state index contributed by atoms with van der Waals surface area (Å²) in [6.45, 7) is 2.10. The Hall–Kier alpha value is -1.19. The van der Waals surface area contributed by atoms with E-state index in [1.165, 1.54) is 10.9 Å². The topological polar surface area (TPSA) is 4.93 Å². The maximum Gasteiger partial charge on any atom is 0.164 e. The number of aromatic nitrogens is 1. The highest BCUT2D eigenvalue weighted by Gasteiger charge is 2.11. The summed E-state index contributed by atoms with van der Waals surface area (Å²) in [7, 11) is 6.32. The highest BCUT2D eigenvalue weighted by molar-refractivity contribution is 7.71. The summed E-state index contributed by atoms with van der Waals surface area (Å²) in [5, 5.41) is 2.37. The molecule has 0 aliphatic heterocycles. The molecule has 1 aromatic carbocycles. The summed E-state index contributed by atoms with van der Waals surface area (Å²) in [6, 6.07) is 8.52. The van der Waals surface area contributed by atoms with Crippen LogP contribution in [-0.2, 0) is 0 Å². The smallest absolute Gasteiger partial charge is 0.164 e. The van der Waals surface area contributed by atoms with Gasteiger partial charge in [-0.3, -0.25) is 0 Å². The van der Waals surface area contributed by atoms with Gasteiger partial charge in [-0.2, -0.15) is 4.68 Å². The lowest BCUT2D eigenvalue weighted by Crippen LogP contribution is -2.46. The fourth-order valence-electron chi connectivity index (χ4n) is 1.83. The normalized spacial score (nSPS) is 12.0. The van der Waals surface area contributed by atoms with Crippen molar-refractivity contribution in [1.29, 1.82) is 0 Å².